The van der Waals surface area contributed by atoms with E-state index < -0.39 is 58.8 Å². The molecule has 1 saturated heterocycles. The van der Waals surface area contributed by atoms with Crippen LogP contribution in [-0.2, 0) is 37.1 Å². The van der Waals surface area contributed by atoms with Crippen molar-refractivity contribution in [2.75, 3.05) is 20.0 Å². The second kappa shape index (κ2) is 13.3. The Kier molecular flexibility index (Phi) is 9.81. The lowest BCUT2D eigenvalue weighted by molar-refractivity contribution is -0.276. The van der Waals surface area contributed by atoms with Gasteiger partial charge in [-0.2, -0.15) is 8.78 Å². The third kappa shape index (κ3) is 7.53. The SMILES string of the molecule is O=C([O-])N(C1COCOC1)[C@@H](Cc1ccccc1)C(=O)C(F)(F)C(Cc1ccccc1)NS(=O)(=O)c1ccccc1. The molecular formula is C29H29F2N2O7S-. The molecule has 0 saturated carbocycles. The minimum atomic E-state index is -4.50. The van der Waals surface area contributed by atoms with Gasteiger partial charge >= 0.3 is 5.92 Å². The Morgan fingerprint density at radius 2 is 1.37 bits per heavy atom. The first-order chi connectivity index (χ1) is 19.6. The maximum absolute atomic E-state index is 16.4. The highest BCUT2D eigenvalue weighted by Gasteiger charge is 2.53. The average Bonchev–Trinajstić information content (AvgIpc) is 2.98. The molecule has 1 amide bonds. The highest BCUT2D eigenvalue weighted by molar-refractivity contribution is 7.89. The molecule has 0 aromatic heterocycles. The number of hydrogen-bond donors (Lipinski definition) is 1. The van der Waals surface area contributed by atoms with E-state index in [9.17, 15) is 23.1 Å². The van der Waals surface area contributed by atoms with Crippen LogP contribution in [0.15, 0.2) is 95.9 Å². The zero-order valence-electron chi connectivity index (χ0n) is 21.9. The van der Waals surface area contributed by atoms with Crippen molar-refractivity contribution in [3.63, 3.8) is 0 Å². The first-order valence-electron chi connectivity index (χ1n) is 12.8. The largest absolute Gasteiger partial charge is 0.530 e. The van der Waals surface area contributed by atoms with E-state index in [2.05, 4.69) is 0 Å². The molecule has 218 valence electrons. The van der Waals surface area contributed by atoms with Crippen LogP contribution in [0.1, 0.15) is 11.1 Å². The van der Waals surface area contributed by atoms with Crippen molar-refractivity contribution in [2.45, 2.75) is 41.8 Å². The van der Waals surface area contributed by atoms with E-state index in [0.29, 0.717) is 16.0 Å². The zero-order chi connectivity index (χ0) is 29.5. The predicted octanol–water partition coefficient (Wildman–Crippen LogP) is 2.41. The van der Waals surface area contributed by atoms with E-state index in [1.165, 1.54) is 36.4 Å². The average molecular weight is 588 g/mol. The summed E-state index contributed by atoms with van der Waals surface area (Å²) in [4.78, 5) is 26.4. The van der Waals surface area contributed by atoms with Crippen molar-refractivity contribution in [3.8, 4) is 0 Å². The molecule has 1 heterocycles. The van der Waals surface area contributed by atoms with E-state index in [0.717, 1.165) is 0 Å². The molecular weight excluding hydrogens is 558 g/mol. The summed E-state index contributed by atoms with van der Waals surface area (Å²) in [6.45, 7) is -0.524. The number of carboxylic acid groups (broad SMARTS) is 1. The lowest BCUT2D eigenvalue weighted by atomic mass is 9.90. The van der Waals surface area contributed by atoms with Crippen molar-refractivity contribution in [2.24, 2.45) is 0 Å². The number of alkyl halides is 2. The van der Waals surface area contributed by atoms with E-state index in [1.54, 1.807) is 54.6 Å². The molecule has 3 aromatic rings. The Labute approximate surface area is 236 Å². The number of benzene rings is 3. The molecule has 9 nitrogen and oxygen atoms in total. The van der Waals surface area contributed by atoms with Gasteiger partial charge in [0.25, 0.3) is 0 Å². The number of amides is 1. The molecule has 1 N–H and O–H groups in total. The third-order valence-electron chi connectivity index (χ3n) is 6.70. The number of ether oxygens (including phenoxy) is 2. The van der Waals surface area contributed by atoms with Gasteiger partial charge in [0.2, 0.25) is 15.8 Å². The van der Waals surface area contributed by atoms with E-state index in [1.807, 2.05) is 4.72 Å². The summed E-state index contributed by atoms with van der Waals surface area (Å²) in [5.41, 5.74) is 0.751. The predicted molar refractivity (Wildman–Crippen MR) is 142 cm³/mol. The van der Waals surface area contributed by atoms with Gasteiger partial charge < -0.3 is 24.3 Å². The molecule has 4 rings (SSSR count). The van der Waals surface area contributed by atoms with E-state index >= 15 is 8.78 Å². The van der Waals surface area contributed by atoms with Crippen LogP contribution in [-0.4, -0.2) is 69.2 Å². The standard InChI is InChI=1S/C29H30F2N2O7S/c30-29(31,26(17-22-12-6-2-7-13-22)32-41(37,38)24-14-8-3-9-15-24)27(34)25(16-21-10-4-1-5-11-21)33(28(35)36)23-18-39-20-40-19-23/h1-15,23,25-26,32H,16-20H2,(H,35,36)/p-1/t25-,26?/m0/s1. The Morgan fingerprint density at radius 3 is 1.88 bits per heavy atom. The maximum Gasteiger partial charge on any atom is 0.323 e. The quantitative estimate of drug-likeness (QED) is 0.345. The monoisotopic (exact) mass is 587 g/mol. The first kappa shape index (κ1) is 30.3. The van der Waals surface area contributed by atoms with Crippen LogP contribution in [0.25, 0.3) is 0 Å². The number of carbonyl (C=O) groups excluding carboxylic acids is 2. The first-order valence-corrected chi connectivity index (χ1v) is 14.3. The van der Waals surface area contributed by atoms with Crippen LogP contribution in [0.5, 0.6) is 0 Å². The summed E-state index contributed by atoms with van der Waals surface area (Å²) in [7, 11) is -4.50. The molecule has 2 atom stereocenters. The summed E-state index contributed by atoms with van der Waals surface area (Å²) in [5, 5.41) is 12.3. The molecule has 1 aliphatic rings. The van der Waals surface area contributed by atoms with Gasteiger partial charge in [0.05, 0.1) is 36.2 Å². The van der Waals surface area contributed by atoms with Crippen molar-refractivity contribution >= 4 is 21.9 Å². The molecule has 0 bridgehead atoms. The van der Waals surface area contributed by atoms with E-state index in [-0.39, 0.29) is 24.9 Å². The fourth-order valence-electron chi connectivity index (χ4n) is 4.66. The minimum Gasteiger partial charge on any atom is -0.530 e. The molecule has 0 radical (unpaired) electrons. The minimum absolute atomic E-state index is 0.120. The number of Topliss-reactive ketones (excluding diaryl/α,β-unsaturated/α-hetero) is 1. The fraction of sp³-hybridized carbons (Fsp3) is 0.310. The zero-order valence-corrected chi connectivity index (χ0v) is 22.7. The number of nitrogens with zero attached hydrogens (tertiary/aromatic N) is 1. The number of sulfonamides is 1. The molecule has 0 aliphatic carbocycles. The van der Waals surface area contributed by atoms with Crippen molar-refractivity contribution in [3.05, 3.63) is 102 Å². The topological polar surface area (TPSA) is 125 Å². The lowest BCUT2D eigenvalue weighted by Crippen LogP contribution is -2.64. The van der Waals surface area contributed by atoms with Crippen LogP contribution >= 0.6 is 0 Å². The molecule has 1 aliphatic heterocycles. The molecule has 0 spiro atoms. The number of hydrogen-bond acceptors (Lipinski definition) is 7. The van der Waals surface area contributed by atoms with Gasteiger partial charge in [0.1, 0.15) is 12.9 Å². The van der Waals surface area contributed by atoms with Gasteiger partial charge in [-0.25, -0.2) is 13.1 Å². The molecule has 3 aromatic carbocycles. The lowest BCUT2D eigenvalue weighted by Gasteiger charge is -2.42. The van der Waals surface area contributed by atoms with Crippen LogP contribution in [0.2, 0.25) is 0 Å². The second-order valence-electron chi connectivity index (χ2n) is 9.56. The highest BCUT2D eigenvalue weighted by atomic mass is 32.2. The Balaban J connectivity index is 1.75. The van der Waals surface area contributed by atoms with Crippen LogP contribution < -0.4 is 9.83 Å². The highest BCUT2D eigenvalue weighted by Crippen LogP contribution is 2.30. The van der Waals surface area contributed by atoms with Crippen LogP contribution in [0.4, 0.5) is 13.6 Å². The van der Waals surface area contributed by atoms with Crippen LogP contribution in [0, 0.1) is 0 Å². The number of nitrogens with one attached hydrogen (secondary N) is 1. The number of ketones is 1. The number of rotatable bonds is 12. The summed E-state index contributed by atoms with van der Waals surface area (Å²) in [6.07, 6.45) is -2.83. The molecule has 1 unspecified atom stereocenters. The van der Waals surface area contributed by atoms with Crippen molar-refractivity contribution in [1.82, 2.24) is 9.62 Å². The van der Waals surface area contributed by atoms with Crippen molar-refractivity contribution in [1.29, 1.82) is 0 Å². The normalized spacial score (nSPS) is 16.0. The fourth-order valence-corrected chi connectivity index (χ4v) is 5.92. The molecule has 41 heavy (non-hydrogen) atoms. The van der Waals surface area contributed by atoms with Gasteiger partial charge in [-0.05, 0) is 29.7 Å². The summed E-state index contributed by atoms with van der Waals surface area (Å²) in [5.74, 6) is -6.14. The van der Waals surface area contributed by atoms with Gasteiger partial charge in [-0.15, -0.1) is 0 Å². The van der Waals surface area contributed by atoms with E-state index in [4.69, 9.17) is 9.47 Å². The number of halogens is 2. The Bertz CT molecular complexity index is 1400. The summed E-state index contributed by atoms with van der Waals surface area (Å²) in [6, 6.07) is 17.6. The maximum atomic E-state index is 16.4. The second-order valence-corrected chi connectivity index (χ2v) is 11.3. The van der Waals surface area contributed by atoms with Gasteiger partial charge in [-0.3, -0.25) is 4.79 Å². The van der Waals surface area contributed by atoms with Gasteiger partial charge in [0, 0.05) is 6.42 Å². The third-order valence-corrected chi connectivity index (χ3v) is 8.19. The Hall–Kier alpha value is -3.71. The molecule has 1 fully saturated rings. The number of carbonyl (C=O) groups is 2. The summed E-state index contributed by atoms with van der Waals surface area (Å²) >= 11 is 0. The molecule has 12 heteroatoms. The van der Waals surface area contributed by atoms with Gasteiger partial charge in [-0.1, -0.05) is 78.9 Å². The van der Waals surface area contributed by atoms with Gasteiger partial charge in [0.15, 0.2) is 0 Å². The van der Waals surface area contributed by atoms with Crippen molar-refractivity contribution < 1.29 is 41.4 Å². The summed E-state index contributed by atoms with van der Waals surface area (Å²) < 4.78 is 71.4. The smallest absolute Gasteiger partial charge is 0.323 e. The Morgan fingerprint density at radius 1 is 0.878 bits per heavy atom. The van der Waals surface area contributed by atoms with Crippen LogP contribution in [0.3, 0.4) is 0 Å².